The molecule has 8 nitrogen and oxygen atoms in total. The molecule has 25 heavy (non-hydrogen) atoms. The number of rotatable bonds is 7. The maximum atomic E-state index is 12.9. The molecule has 2 N–H and O–H groups in total. The second kappa shape index (κ2) is 8.50. The molecule has 1 aliphatic heterocycles. The van der Waals surface area contributed by atoms with Gasteiger partial charge in [-0.25, -0.2) is 8.42 Å². The summed E-state index contributed by atoms with van der Waals surface area (Å²) in [5, 5.41) is 0. The van der Waals surface area contributed by atoms with Gasteiger partial charge in [-0.05, 0) is 26.0 Å². The number of hydrogen-bond donors (Lipinski definition) is 1. The van der Waals surface area contributed by atoms with Crippen molar-refractivity contribution in [3.8, 4) is 11.5 Å². The third kappa shape index (κ3) is 4.42. The van der Waals surface area contributed by atoms with Crippen molar-refractivity contribution in [2.75, 3.05) is 45.9 Å². The molecule has 1 aliphatic rings. The van der Waals surface area contributed by atoms with E-state index in [2.05, 4.69) is 0 Å². The van der Waals surface area contributed by atoms with E-state index >= 15 is 0 Å². The lowest BCUT2D eigenvalue weighted by Gasteiger charge is -2.33. The first-order valence-corrected chi connectivity index (χ1v) is 9.75. The van der Waals surface area contributed by atoms with Crippen molar-refractivity contribution in [1.29, 1.82) is 0 Å². The van der Waals surface area contributed by atoms with Gasteiger partial charge in [0.15, 0.2) is 11.5 Å². The van der Waals surface area contributed by atoms with E-state index in [1.807, 2.05) is 13.8 Å². The van der Waals surface area contributed by atoms with E-state index in [4.69, 9.17) is 15.2 Å². The second-order valence-electron chi connectivity index (χ2n) is 5.46. The lowest BCUT2D eigenvalue weighted by Crippen LogP contribution is -2.51. The highest BCUT2D eigenvalue weighted by Crippen LogP contribution is 2.31. The van der Waals surface area contributed by atoms with Gasteiger partial charge in [-0.1, -0.05) is 0 Å². The Morgan fingerprint density at radius 3 is 2.24 bits per heavy atom. The van der Waals surface area contributed by atoms with Crippen LogP contribution in [0.3, 0.4) is 0 Å². The molecule has 1 aromatic carbocycles. The quantitative estimate of drug-likeness (QED) is 0.738. The molecule has 0 aromatic heterocycles. The zero-order valence-corrected chi connectivity index (χ0v) is 15.4. The van der Waals surface area contributed by atoms with Crippen molar-refractivity contribution in [3.63, 3.8) is 0 Å². The number of carbonyl (C=O) groups is 1. The second-order valence-corrected chi connectivity index (χ2v) is 7.40. The van der Waals surface area contributed by atoms with Crippen molar-refractivity contribution in [2.45, 2.75) is 18.7 Å². The van der Waals surface area contributed by atoms with E-state index in [0.717, 1.165) is 0 Å². The third-order valence-electron chi connectivity index (χ3n) is 3.92. The first-order chi connectivity index (χ1) is 11.9. The van der Waals surface area contributed by atoms with Crippen LogP contribution in [0.15, 0.2) is 23.1 Å². The van der Waals surface area contributed by atoms with E-state index in [1.165, 1.54) is 16.4 Å². The maximum Gasteiger partial charge on any atom is 0.243 e. The molecular formula is C16H25N3O5S. The summed E-state index contributed by atoms with van der Waals surface area (Å²) in [4.78, 5) is 13.3. The molecule has 140 valence electrons. The summed E-state index contributed by atoms with van der Waals surface area (Å²) in [7, 11) is -3.66. The fraction of sp³-hybridized carbons (Fsp3) is 0.562. The lowest BCUT2D eigenvalue weighted by atomic mass is 10.3. The Morgan fingerprint density at radius 1 is 1.08 bits per heavy atom. The van der Waals surface area contributed by atoms with Gasteiger partial charge in [0.2, 0.25) is 15.9 Å². The van der Waals surface area contributed by atoms with E-state index in [0.29, 0.717) is 37.8 Å². The molecule has 0 bridgehead atoms. The summed E-state index contributed by atoms with van der Waals surface area (Å²) in [5.41, 5.74) is 5.35. The number of ether oxygens (including phenoxy) is 2. The highest BCUT2D eigenvalue weighted by Gasteiger charge is 2.30. The van der Waals surface area contributed by atoms with Crippen molar-refractivity contribution in [1.82, 2.24) is 9.21 Å². The number of hydrogen-bond acceptors (Lipinski definition) is 6. The lowest BCUT2D eigenvalue weighted by molar-refractivity contribution is -0.130. The minimum absolute atomic E-state index is 0.0661. The minimum atomic E-state index is -3.66. The smallest absolute Gasteiger partial charge is 0.243 e. The molecule has 1 heterocycles. The summed E-state index contributed by atoms with van der Waals surface area (Å²) < 4.78 is 38.1. The Kier molecular flexibility index (Phi) is 6.63. The first kappa shape index (κ1) is 19.5. The number of nitrogens with zero attached hydrogens (tertiary/aromatic N) is 2. The van der Waals surface area contributed by atoms with Gasteiger partial charge in [0.1, 0.15) is 0 Å². The van der Waals surface area contributed by atoms with Crippen molar-refractivity contribution in [2.24, 2.45) is 5.73 Å². The van der Waals surface area contributed by atoms with Gasteiger partial charge < -0.3 is 20.1 Å². The van der Waals surface area contributed by atoms with E-state index in [-0.39, 0.29) is 30.4 Å². The molecule has 2 rings (SSSR count). The number of nitrogens with two attached hydrogens (primary N) is 1. The molecule has 0 unspecified atom stereocenters. The monoisotopic (exact) mass is 371 g/mol. The third-order valence-corrected chi connectivity index (χ3v) is 5.81. The van der Waals surface area contributed by atoms with Crippen LogP contribution in [-0.4, -0.2) is 69.5 Å². The van der Waals surface area contributed by atoms with Crippen LogP contribution >= 0.6 is 0 Å². The molecule has 0 saturated carbocycles. The Morgan fingerprint density at radius 2 is 1.68 bits per heavy atom. The van der Waals surface area contributed by atoms with Crippen LogP contribution in [0.2, 0.25) is 0 Å². The highest BCUT2D eigenvalue weighted by atomic mass is 32.2. The van der Waals surface area contributed by atoms with Crippen LogP contribution in [0, 0.1) is 0 Å². The fourth-order valence-electron chi connectivity index (χ4n) is 2.65. The van der Waals surface area contributed by atoms with E-state index in [1.54, 1.807) is 11.0 Å². The molecular weight excluding hydrogens is 346 g/mol. The van der Waals surface area contributed by atoms with Crippen LogP contribution in [-0.2, 0) is 14.8 Å². The van der Waals surface area contributed by atoms with Crippen LogP contribution in [0.25, 0.3) is 0 Å². The molecule has 0 radical (unpaired) electrons. The number of benzene rings is 1. The van der Waals surface area contributed by atoms with Crippen molar-refractivity contribution >= 4 is 15.9 Å². The summed E-state index contributed by atoms with van der Waals surface area (Å²) in [6.07, 6.45) is 0. The molecule has 0 spiro atoms. The zero-order valence-electron chi connectivity index (χ0n) is 14.6. The average molecular weight is 371 g/mol. The van der Waals surface area contributed by atoms with E-state index < -0.39 is 10.0 Å². The summed E-state index contributed by atoms with van der Waals surface area (Å²) in [6.45, 7) is 5.63. The zero-order chi connectivity index (χ0) is 18.4. The van der Waals surface area contributed by atoms with Crippen LogP contribution in [0.4, 0.5) is 0 Å². The molecule has 9 heteroatoms. The van der Waals surface area contributed by atoms with Gasteiger partial charge in [-0.3, -0.25) is 4.79 Å². The van der Waals surface area contributed by atoms with E-state index in [9.17, 15) is 13.2 Å². The number of carbonyl (C=O) groups excluding carboxylic acids is 1. The summed E-state index contributed by atoms with van der Waals surface area (Å²) >= 11 is 0. The number of piperazine rings is 1. The standard InChI is InChI=1S/C16H25N3O5S/c1-3-23-14-6-5-13(11-15(14)24-4-2)25(21,22)19-9-7-18(8-10-19)16(20)12-17/h5-6,11H,3-4,7-10,12,17H2,1-2H3. The van der Waals surface area contributed by atoms with Gasteiger partial charge in [0.05, 0.1) is 24.7 Å². The Hall–Kier alpha value is -1.84. The van der Waals surface area contributed by atoms with Gasteiger partial charge in [-0.15, -0.1) is 0 Å². The Bertz CT molecular complexity index is 700. The first-order valence-electron chi connectivity index (χ1n) is 8.31. The highest BCUT2D eigenvalue weighted by molar-refractivity contribution is 7.89. The Labute approximate surface area is 148 Å². The largest absolute Gasteiger partial charge is 0.490 e. The van der Waals surface area contributed by atoms with Crippen LogP contribution < -0.4 is 15.2 Å². The molecule has 1 aromatic rings. The minimum Gasteiger partial charge on any atom is -0.490 e. The predicted octanol–water partition coefficient (Wildman–Crippen LogP) is 0.276. The van der Waals surface area contributed by atoms with Crippen molar-refractivity contribution < 1.29 is 22.7 Å². The fourth-order valence-corrected chi connectivity index (χ4v) is 4.09. The molecule has 0 atom stereocenters. The van der Waals surface area contributed by atoms with Crippen LogP contribution in [0.1, 0.15) is 13.8 Å². The maximum absolute atomic E-state index is 12.9. The topological polar surface area (TPSA) is 102 Å². The molecule has 1 saturated heterocycles. The number of amides is 1. The molecule has 1 fully saturated rings. The molecule has 0 aliphatic carbocycles. The van der Waals surface area contributed by atoms with Gasteiger partial charge in [-0.2, -0.15) is 4.31 Å². The normalized spacial score (nSPS) is 15.9. The summed E-state index contributed by atoms with van der Waals surface area (Å²) in [6, 6.07) is 4.61. The van der Waals surface area contributed by atoms with Gasteiger partial charge in [0, 0.05) is 32.2 Å². The van der Waals surface area contributed by atoms with Crippen molar-refractivity contribution in [3.05, 3.63) is 18.2 Å². The number of sulfonamides is 1. The summed E-state index contributed by atoms with van der Waals surface area (Å²) in [5.74, 6) is 0.751. The predicted molar refractivity (Wildman–Crippen MR) is 93.2 cm³/mol. The van der Waals surface area contributed by atoms with Crippen LogP contribution in [0.5, 0.6) is 11.5 Å². The molecule has 1 amide bonds. The SMILES string of the molecule is CCOc1ccc(S(=O)(=O)N2CCN(C(=O)CN)CC2)cc1OCC. The Balaban J connectivity index is 2.19. The van der Waals surface area contributed by atoms with Gasteiger partial charge >= 0.3 is 0 Å². The van der Waals surface area contributed by atoms with Gasteiger partial charge in [0.25, 0.3) is 0 Å². The average Bonchev–Trinajstić information content (AvgIpc) is 2.63.